The van der Waals surface area contributed by atoms with Gasteiger partial charge in [-0.25, -0.2) is 8.42 Å². The van der Waals surface area contributed by atoms with Crippen molar-refractivity contribution in [3.63, 3.8) is 0 Å². The van der Waals surface area contributed by atoms with Crippen molar-refractivity contribution in [1.29, 1.82) is 0 Å². The summed E-state index contributed by atoms with van der Waals surface area (Å²) in [7, 11) is -3.24. The number of carbonyl (C=O) groups is 2. The molecule has 7 nitrogen and oxygen atoms in total. The van der Waals surface area contributed by atoms with E-state index in [9.17, 15) is 23.1 Å². The Kier molecular flexibility index (Phi) is 5.35. The molecule has 132 valence electrons. The first kappa shape index (κ1) is 18.2. The van der Waals surface area contributed by atoms with Gasteiger partial charge in [0.2, 0.25) is 5.91 Å². The number of rotatable bonds is 2. The predicted octanol–water partition coefficient (Wildman–Crippen LogP) is -0.214. The molecule has 1 N–H and O–H groups in total. The van der Waals surface area contributed by atoms with Crippen molar-refractivity contribution in [3.05, 3.63) is 0 Å². The Hall–Kier alpha value is -1.15. The Labute approximate surface area is 137 Å². The van der Waals surface area contributed by atoms with Crippen LogP contribution < -0.4 is 0 Å². The van der Waals surface area contributed by atoms with Crippen LogP contribution in [0.4, 0.5) is 0 Å². The fourth-order valence-electron chi connectivity index (χ4n) is 2.93. The molecule has 2 fully saturated rings. The molecule has 8 heteroatoms. The number of aliphatic hydroxyl groups is 1. The van der Waals surface area contributed by atoms with Crippen LogP contribution >= 0.6 is 0 Å². The topological polar surface area (TPSA) is 95.0 Å². The van der Waals surface area contributed by atoms with Crippen molar-refractivity contribution in [1.82, 2.24) is 9.80 Å². The Morgan fingerprint density at radius 3 is 2.65 bits per heavy atom. The quantitative estimate of drug-likeness (QED) is 0.746. The number of sulfone groups is 1. The van der Waals surface area contributed by atoms with E-state index >= 15 is 0 Å². The van der Waals surface area contributed by atoms with Crippen LogP contribution in [0.25, 0.3) is 0 Å². The molecule has 0 aromatic heterocycles. The largest absolute Gasteiger partial charge is 0.383 e. The van der Waals surface area contributed by atoms with Gasteiger partial charge in [0, 0.05) is 19.6 Å². The normalized spacial score (nSPS) is 28.1. The van der Waals surface area contributed by atoms with Gasteiger partial charge >= 0.3 is 0 Å². The highest BCUT2D eigenvalue weighted by Crippen LogP contribution is 2.25. The SMILES string of the molecule is CC1(C)CCN(C(=O)CN2CCCCC(O)C2=O)CCS1(=O)=O. The zero-order valence-electron chi connectivity index (χ0n) is 13.8. The van der Waals surface area contributed by atoms with Gasteiger partial charge in [0.05, 0.1) is 17.0 Å². The molecule has 2 rings (SSSR count). The number of carbonyl (C=O) groups excluding carboxylic acids is 2. The third kappa shape index (κ3) is 4.03. The van der Waals surface area contributed by atoms with Crippen LogP contribution in [0.15, 0.2) is 0 Å². The van der Waals surface area contributed by atoms with E-state index in [0.717, 1.165) is 12.8 Å². The minimum atomic E-state index is -3.24. The fraction of sp³-hybridized carbons (Fsp3) is 0.867. The monoisotopic (exact) mass is 346 g/mol. The fourth-order valence-corrected chi connectivity index (χ4v) is 4.35. The molecule has 1 atom stereocenters. The van der Waals surface area contributed by atoms with Gasteiger partial charge in [-0.1, -0.05) is 0 Å². The first-order valence-electron chi connectivity index (χ1n) is 8.11. The Bertz CT molecular complexity index is 572. The van der Waals surface area contributed by atoms with Crippen LogP contribution in [0.2, 0.25) is 0 Å². The lowest BCUT2D eigenvalue weighted by atomic mass is 10.1. The Morgan fingerprint density at radius 1 is 1.26 bits per heavy atom. The third-order valence-electron chi connectivity index (χ3n) is 4.89. The van der Waals surface area contributed by atoms with Crippen molar-refractivity contribution < 1.29 is 23.1 Å². The van der Waals surface area contributed by atoms with Crippen LogP contribution in [-0.2, 0) is 19.4 Å². The molecule has 23 heavy (non-hydrogen) atoms. The van der Waals surface area contributed by atoms with Gasteiger partial charge in [-0.05, 0) is 39.5 Å². The minimum absolute atomic E-state index is 0.0533. The number of aliphatic hydroxyl groups excluding tert-OH is 1. The van der Waals surface area contributed by atoms with Gasteiger partial charge in [0.15, 0.2) is 9.84 Å². The average molecular weight is 346 g/mol. The van der Waals surface area contributed by atoms with Gasteiger partial charge in [-0.2, -0.15) is 0 Å². The summed E-state index contributed by atoms with van der Waals surface area (Å²) in [6, 6.07) is 0. The Balaban J connectivity index is 2.02. The smallest absolute Gasteiger partial charge is 0.251 e. The molecular weight excluding hydrogens is 320 g/mol. The van der Waals surface area contributed by atoms with Crippen LogP contribution in [0.5, 0.6) is 0 Å². The van der Waals surface area contributed by atoms with E-state index < -0.39 is 26.6 Å². The summed E-state index contributed by atoms with van der Waals surface area (Å²) in [5.41, 5.74) is 0. The molecule has 0 aromatic carbocycles. The third-order valence-corrected chi connectivity index (χ3v) is 7.49. The van der Waals surface area contributed by atoms with E-state index in [1.165, 1.54) is 9.80 Å². The molecule has 0 spiro atoms. The summed E-state index contributed by atoms with van der Waals surface area (Å²) < 4.78 is 23.5. The van der Waals surface area contributed by atoms with E-state index in [1.54, 1.807) is 13.8 Å². The minimum Gasteiger partial charge on any atom is -0.383 e. The average Bonchev–Trinajstić information content (AvgIpc) is 2.68. The number of hydrogen-bond acceptors (Lipinski definition) is 5. The van der Waals surface area contributed by atoms with E-state index in [0.29, 0.717) is 25.9 Å². The highest BCUT2D eigenvalue weighted by Gasteiger charge is 2.38. The maximum absolute atomic E-state index is 12.5. The molecule has 2 saturated heterocycles. The predicted molar refractivity (Wildman–Crippen MR) is 85.5 cm³/mol. The summed E-state index contributed by atoms with van der Waals surface area (Å²) in [6.07, 6.45) is 1.30. The summed E-state index contributed by atoms with van der Waals surface area (Å²) in [5.74, 6) is -0.707. The molecule has 1 unspecified atom stereocenters. The lowest BCUT2D eigenvalue weighted by Gasteiger charge is -2.26. The summed E-state index contributed by atoms with van der Waals surface area (Å²) >= 11 is 0. The summed E-state index contributed by atoms with van der Waals surface area (Å²) in [4.78, 5) is 27.4. The van der Waals surface area contributed by atoms with E-state index in [1.807, 2.05) is 0 Å². The maximum Gasteiger partial charge on any atom is 0.251 e. The van der Waals surface area contributed by atoms with E-state index in [2.05, 4.69) is 0 Å². The summed E-state index contributed by atoms with van der Waals surface area (Å²) in [5, 5.41) is 9.74. The molecule has 0 bridgehead atoms. The van der Waals surface area contributed by atoms with Crippen LogP contribution in [0, 0.1) is 0 Å². The zero-order chi connectivity index (χ0) is 17.3. The molecule has 2 aliphatic rings. The molecule has 2 heterocycles. The standard InChI is InChI=1S/C15H26N2O5S/c1-15(2)6-8-16(9-10-23(15,21)22)13(19)11-17-7-4-3-5-12(18)14(17)20/h12,18H,3-11H2,1-2H3. The van der Waals surface area contributed by atoms with Crippen LogP contribution in [0.3, 0.4) is 0 Å². The number of likely N-dealkylation sites (tertiary alicyclic amines) is 1. The molecule has 0 radical (unpaired) electrons. The first-order valence-corrected chi connectivity index (χ1v) is 9.76. The molecular formula is C15H26N2O5S. The second-order valence-electron chi connectivity index (χ2n) is 6.98. The van der Waals surface area contributed by atoms with E-state index in [4.69, 9.17) is 0 Å². The van der Waals surface area contributed by atoms with Crippen molar-refractivity contribution in [2.24, 2.45) is 0 Å². The second kappa shape index (κ2) is 6.76. The van der Waals surface area contributed by atoms with Gasteiger partial charge in [-0.3, -0.25) is 9.59 Å². The highest BCUT2D eigenvalue weighted by atomic mass is 32.2. The lowest BCUT2D eigenvalue weighted by molar-refractivity contribution is -0.145. The van der Waals surface area contributed by atoms with Gasteiger partial charge < -0.3 is 14.9 Å². The summed E-state index contributed by atoms with van der Waals surface area (Å²) in [6.45, 7) is 4.27. The highest BCUT2D eigenvalue weighted by molar-refractivity contribution is 7.92. The zero-order valence-corrected chi connectivity index (χ0v) is 14.6. The number of amides is 2. The Morgan fingerprint density at radius 2 is 1.96 bits per heavy atom. The van der Waals surface area contributed by atoms with Crippen molar-refractivity contribution in [3.8, 4) is 0 Å². The number of hydrogen-bond donors (Lipinski definition) is 1. The number of nitrogens with zero attached hydrogens (tertiary/aromatic N) is 2. The molecule has 0 saturated carbocycles. The molecule has 0 aromatic rings. The van der Waals surface area contributed by atoms with E-state index in [-0.39, 0.29) is 24.7 Å². The van der Waals surface area contributed by atoms with Gasteiger partial charge in [-0.15, -0.1) is 0 Å². The van der Waals surface area contributed by atoms with Crippen LogP contribution in [-0.4, -0.2) is 77.9 Å². The molecule has 0 aliphatic carbocycles. The molecule has 2 aliphatic heterocycles. The lowest BCUT2D eigenvalue weighted by Crippen LogP contribution is -2.46. The maximum atomic E-state index is 12.5. The van der Waals surface area contributed by atoms with Crippen LogP contribution in [0.1, 0.15) is 39.5 Å². The first-order chi connectivity index (χ1) is 10.6. The van der Waals surface area contributed by atoms with Crippen molar-refractivity contribution in [2.75, 3.05) is 31.9 Å². The van der Waals surface area contributed by atoms with Crippen molar-refractivity contribution in [2.45, 2.75) is 50.4 Å². The van der Waals surface area contributed by atoms with Crippen molar-refractivity contribution >= 4 is 21.7 Å². The van der Waals surface area contributed by atoms with Gasteiger partial charge in [0.25, 0.3) is 5.91 Å². The van der Waals surface area contributed by atoms with Gasteiger partial charge in [0.1, 0.15) is 6.10 Å². The molecule has 2 amide bonds. The second-order valence-corrected chi connectivity index (χ2v) is 9.72.